The van der Waals surface area contributed by atoms with Crippen LogP contribution in [-0.2, 0) is 27.5 Å². The summed E-state index contributed by atoms with van der Waals surface area (Å²) in [6.45, 7) is 2.20. The third kappa shape index (κ3) is 8.80. The van der Waals surface area contributed by atoms with Crippen LogP contribution in [0.4, 0.5) is 26.3 Å². The molecule has 2 saturated heterocycles. The first-order valence-electron chi connectivity index (χ1n) is 19.7. The molecule has 1 aromatic carbocycles. The highest BCUT2D eigenvalue weighted by Crippen LogP contribution is 2.45. The fourth-order valence-corrected chi connectivity index (χ4v) is 9.62. The Labute approximate surface area is 336 Å². The molecule has 1 aliphatic carbocycles. The van der Waals surface area contributed by atoms with Gasteiger partial charge in [0.2, 0.25) is 5.60 Å². The number of halogens is 6. The number of nitrogens with two attached hydrogens (primary N) is 1. The Morgan fingerprint density at radius 1 is 0.948 bits per heavy atom. The highest BCUT2D eigenvalue weighted by molar-refractivity contribution is 7.10. The van der Waals surface area contributed by atoms with Gasteiger partial charge in [0.05, 0.1) is 23.6 Å². The quantitative estimate of drug-likeness (QED) is 0.129. The first-order chi connectivity index (χ1) is 27.4. The molecule has 2 aliphatic heterocycles. The van der Waals surface area contributed by atoms with Gasteiger partial charge in [0, 0.05) is 54.8 Å². The topological polar surface area (TPSA) is 135 Å². The monoisotopic (exact) mass is 838 g/mol. The lowest BCUT2D eigenvalue weighted by Gasteiger charge is -2.51. The van der Waals surface area contributed by atoms with Crippen LogP contribution in [0.1, 0.15) is 110 Å². The number of carbonyl (C=O) groups is 3. The van der Waals surface area contributed by atoms with Crippen molar-refractivity contribution in [2.75, 3.05) is 26.2 Å². The number of benzene rings is 1. The molecule has 0 unspecified atom stereocenters. The van der Waals surface area contributed by atoms with E-state index in [2.05, 4.69) is 4.98 Å². The number of hydrogen-bond acceptors (Lipinski definition) is 8. The van der Waals surface area contributed by atoms with Gasteiger partial charge >= 0.3 is 18.3 Å². The summed E-state index contributed by atoms with van der Waals surface area (Å²) in [5, 5.41) is 11.0. The number of carbonyl (C=O) groups excluding carboxylic acids is 2. The van der Waals surface area contributed by atoms with Gasteiger partial charge in [-0.3, -0.25) is 19.4 Å². The lowest BCUT2D eigenvalue weighted by Crippen LogP contribution is -2.69. The molecule has 10 nitrogen and oxygen atoms in total. The van der Waals surface area contributed by atoms with Gasteiger partial charge in [0.1, 0.15) is 22.1 Å². The average Bonchev–Trinajstić information content (AvgIpc) is 3.88. The molecule has 3 aromatic rings. The molecular formula is C41H48F6N4O6S. The number of alkyl halides is 6. The third-order valence-corrected chi connectivity index (χ3v) is 12.9. The SMILES string of the molecule is CCC[C@H]1N(C(=O)c2ncccc2C(F)(F)F)CCC[C@@]1(Oc1csc(C(F)(F)F)c1)C(=O)N1CCC(N)(c2ccccc2OCCCC2(C(=O)O)CCCC2)CC1. The fourth-order valence-electron chi connectivity index (χ4n) is 8.94. The van der Waals surface area contributed by atoms with E-state index in [9.17, 15) is 41.0 Å². The number of para-hydroxylation sites is 1. The number of ether oxygens (including phenoxy) is 2. The van der Waals surface area contributed by atoms with Gasteiger partial charge in [0.15, 0.2) is 0 Å². The molecule has 2 amide bonds. The van der Waals surface area contributed by atoms with E-state index in [-0.39, 0.29) is 64.1 Å². The predicted molar refractivity (Wildman–Crippen MR) is 202 cm³/mol. The van der Waals surface area contributed by atoms with E-state index in [0.717, 1.165) is 47.5 Å². The molecule has 0 bridgehead atoms. The predicted octanol–water partition coefficient (Wildman–Crippen LogP) is 8.68. The number of pyridine rings is 1. The molecule has 316 valence electrons. The molecule has 2 aromatic heterocycles. The van der Waals surface area contributed by atoms with Crippen molar-refractivity contribution in [2.24, 2.45) is 11.1 Å². The van der Waals surface area contributed by atoms with E-state index in [1.54, 1.807) is 19.1 Å². The Morgan fingerprint density at radius 3 is 2.29 bits per heavy atom. The Balaban J connectivity index is 1.26. The van der Waals surface area contributed by atoms with Crippen LogP contribution in [0.5, 0.6) is 11.5 Å². The minimum absolute atomic E-state index is 0.0179. The molecule has 17 heteroatoms. The van der Waals surface area contributed by atoms with Gasteiger partial charge in [-0.1, -0.05) is 44.4 Å². The van der Waals surface area contributed by atoms with E-state index >= 15 is 4.79 Å². The van der Waals surface area contributed by atoms with E-state index in [1.807, 2.05) is 12.1 Å². The first-order valence-corrected chi connectivity index (χ1v) is 20.5. The molecular weight excluding hydrogens is 791 g/mol. The highest BCUT2D eigenvalue weighted by Gasteiger charge is 2.57. The van der Waals surface area contributed by atoms with Crippen LogP contribution < -0.4 is 15.2 Å². The summed E-state index contributed by atoms with van der Waals surface area (Å²) in [6, 6.07) is 8.70. The molecule has 3 fully saturated rings. The van der Waals surface area contributed by atoms with Crippen LogP contribution in [-0.4, -0.2) is 75.6 Å². The normalized spacial score (nSPS) is 22.1. The third-order valence-electron chi connectivity index (χ3n) is 12.0. The van der Waals surface area contributed by atoms with Gasteiger partial charge in [-0.2, -0.15) is 26.3 Å². The number of hydrogen-bond donors (Lipinski definition) is 2. The van der Waals surface area contributed by atoms with Crippen LogP contribution in [0.2, 0.25) is 0 Å². The van der Waals surface area contributed by atoms with E-state index in [0.29, 0.717) is 54.8 Å². The largest absolute Gasteiger partial charge is 0.493 e. The van der Waals surface area contributed by atoms with Gasteiger partial charge in [-0.25, -0.2) is 0 Å². The van der Waals surface area contributed by atoms with E-state index in [4.69, 9.17) is 15.2 Å². The summed E-state index contributed by atoms with van der Waals surface area (Å²) in [5.41, 5.74) is 2.01. The maximum absolute atomic E-state index is 15.0. The summed E-state index contributed by atoms with van der Waals surface area (Å²) in [5.74, 6) is -2.15. The van der Waals surface area contributed by atoms with E-state index < -0.39 is 68.9 Å². The van der Waals surface area contributed by atoms with Crippen molar-refractivity contribution >= 4 is 29.1 Å². The van der Waals surface area contributed by atoms with Gasteiger partial charge in [-0.15, -0.1) is 11.3 Å². The van der Waals surface area contributed by atoms with Gasteiger partial charge < -0.3 is 30.1 Å². The summed E-state index contributed by atoms with van der Waals surface area (Å²) in [7, 11) is 0. The van der Waals surface area contributed by atoms with Gasteiger partial charge in [-0.05, 0) is 69.6 Å². The standard InChI is InChI=1S/C41H48F6N4O6S/c1-2-10-31-39(57-27-25-32(58-26-27)41(45,46)47,17-8-21-51(31)34(52)33-29(40(42,43)44)12-7-20-49-33)35(53)50-22-18-38(48,19-23-50)28-11-3-4-13-30(28)56-24-9-16-37(36(54)55)14-5-6-15-37/h3-4,7,11-13,20,25-26,31H,2,5-6,8-10,14-19,21-24,48H2,1H3,(H,54,55)/t31-,39+/m1/s1. The Kier molecular flexibility index (Phi) is 12.7. The Morgan fingerprint density at radius 2 is 1.66 bits per heavy atom. The second kappa shape index (κ2) is 17.1. The number of nitrogens with zero attached hydrogens (tertiary/aromatic N) is 3. The van der Waals surface area contributed by atoms with Crippen molar-refractivity contribution in [3.8, 4) is 11.5 Å². The van der Waals surface area contributed by atoms with E-state index in [1.165, 1.54) is 4.90 Å². The lowest BCUT2D eigenvalue weighted by atomic mass is 9.77. The van der Waals surface area contributed by atoms with Crippen LogP contribution >= 0.6 is 11.3 Å². The number of aromatic nitrogens is 1. The van der Waals surface area contributed by atoms with Crippen molar-refractivity contribution < 1.29 is 55.3 Å². The maximum Gasteiger partial charge on any atom is 0.425 e. The zero-order valence-electron chi connectivity index (χ0n) is 32.2. The lowest BCUT2D eigenvalue weighted by molar-refractivity contribution is -0.161. The summed E-state index contributed by atoms with van der Waals surface area (Å²) >= 11 is 0.382. The number of carboxylic acid groups (broad SMARTS) is 1. The summed E-state index contributed by atoms with van der Waals surface area (Å²) < 4.78 is 96.0. The molecule has 6 rings (SSSR count). The van der Waals surface area contributed by atoms with Crippen LogP contribution in [0.25, 0.3) is 0 Å². The van der Waals surface area contributed by atoms with Crippen molar-refractivity contribution in [3.05, 3.63) is 75.7 Å². The minimum atomic E-state index is -4.91. The zero-order chi connectivity index (χ0) is 41.9. The number of amides is 2. The Bertz CT molecular complexity index is 1940. The molecule has 4 heterocycles. The number of carboxylic acids is 1. The number of aliphatic carboxylic acids is 1. The zero-order valence-corrected chi connectivity index (χ0v) is 33.0. The fraction of sp³-hybridized carbons (Fsp3) is 0.561. The molecule has 1 saturated carbocycles. The van der Waals surface area contributed by atoms with Gasteiger partial charge in [0.25, 0.3) is 11.8 Å². The highest BCUT2D eigenvalue weighted by atomic mass is 32.1. The molecule has 3 aliphatic rings. The van der Waals surface area contributed by atoms with Crippen molar-refractivity contribution in [1.82, 2.24) is 14.8 Å². The van der Waals surface area contributed by atoms with Crippen molar-refractivity contribution in [1.29, 1.82) is 0 Å². The smallest absolute Gasteiger partial charge is 0.425 e. The second-order valence-corrected chi connectivity index (χ2v) is 16.5. The maximum atomic E-state index is 15.0. The molecule has 0 radical (unpaired) electrons. The Hall–Kier alpha value is -4.38. The number of rotatable bonds is 13. The minimum Gasteiger partial charge on any atom is -0.493 e. The number of piperidine rings is 2. The first kappa shape index (κ1) is 43.2. The molecule has 2 atom stereocenters. The molecule has 0 spiro atoms. The van der Waals surface area contributed by atoms with Crippen LogP contribution in [0.15, 0.2) is 54.0 Å². The number of thiophene rings is 1. The molecule has 3 N–H and O–H groups in total. The summed E-state index contributed by atoms with van der Waals surface area (Å²) in [6.07, 6.45) is -3.41. The second-order valence-electron chi connectivity index (χ2n) is 15.6. The molecule has 58 heavy (non-hydrogen) atoms. The number of likely N-dealkylation sites (tertiary alicyclic amines) is 2. The summed E-state index contributed by atoms with van der Waals surface area (Å²) in [4.78, 5) is 46.6. The average molecular weight is 839 g/mol. The van der Waals surface area contributed by atoms with Crippen LogP contribution in [0, 0.1) is 5.41 Å². The van der Waals surface area contributed by atoms with Crippen molar-refractivity contribution in [2.45, 2.75) is 114 Å². The van der Waals surface area contributed by atoms with Crippen molar-refractivity contribution in [3.63, 3.8) is 0 Å². The van der Waals surface area contributed by atoms with Crippen LogP contribution in [0.3, 0.4) is 0 Å².